The topological polar surface area (TPSA) is 26.0 Å². The Morgan fingerprint density at radius 2 is 2.00 bits per heavy atom. The van der Waals surface area contributed by atoms with Gasteiger partial charge in [0.2, 0.25) is 0 Å². The lowest BCUT2D eigenvalue weighted by Gasteiger charge is -2.21. The average Bonchev–Trinajstić information content (AvgIpc) is 1.94. The van der Waals surface area contributed by atoms with Gasteiger partial charge in [-0.3, -0.25) is 0 Å². The maximum atomic E-state index is 6.04. The lowest BCUT2D eigenvalue weighted by molar-refractivity contribution is 0.401. The highest BCUT2D eigenvalue weighted by molar-refractivity contribution is 4.82. The molecular formula is C9H19N. The highest BCUT2D eigenvalue weighted by atomic mass is 14.7. The van der Waals surface area contributed by atoms with Crippen LogP contribution in [0.25, 0.3) is 0 Å². The second-order valence-electron chi connectivity index (χ2n) is 4.19. The molecule has 60 valence electrons. The van der Waals surface area contributed by atoms with E-state index in [1.54, 1.807) is 0 Å². The van der Waals surface area contributed by atoms with Crippen molar-refractivity contribution in [3.05, 3.63) is 0 Å². The predicted octanol–water partition coefficient (Wildman–Crippen LogP) is 2.30. The van der Waals surface area contributed by atoms with Crippen LogP contribution in [0.4, 0.5) is 0 Å². The van der Waals surface area contributed by atoms with Gasteiger partial charge in [0.15, 0.2) is 0 Å². The van der Waals surface area contributed by atoms with Crippen molar-refractivity contribution in [2.75, 3.05) is 0 Å². The van der Waals surface area contributed by atoms with Crippen molar-refractivity contribution in [1.29, 1.82) is 0 Å². The van der Waals surface area contributed by atoms with E-state index in [0.717, 1.165) is 5.92 Å². The summed E-state index contributed by atoms with van der Waals surface area (Å²) in [5.41, 5.74) is 6.18. The van der Waals surface area contributed by atoms with Crippen molar-refractivity contribution in [1.82, 2.24) is 0 Å². The minimum Gasteiger partial charge on any atom is -0.325 e. The molecule has 1 heteroatoms. The molecule has 0 radical (unpaired) electrons. The summed E-state index contributed by atoms with van der Waals surface area (Å²) in [5.74, 6) is 0.908. The van der Waals surface area contributed by atoms with Crippen LogP contribution in [-0.2, 0) is 0 Å². The standard InChI is InChI=1S/C9H19N/c1-8-4-3-6-9(2,10)7-5-8/h8H,3-7,10H2,1-2H3/t8?,9-/m1/s1. The van der Waals surface area contributed by atoms with Gasteiger partial charge in [0.05, 0.1) is 0 Å². The number of rotatable bonds is 0. The second-order valence-corrected chi connectivity index (χ2v) is 4.19. The average molecular weight is 141 g/mol. The zero-order valence-electron chi connectivity index (χ0n) is 7.19. The van der Waals surface area contributed by atoms with Gasteiger partial charge in [-0.05, 0) is 32.1 Å². The molecule has 1 rings (SSSR count). The van der Waals surface area contributed by atoms with Crippen molar-refractivity contribution in [2.24, 2.45) is 11.7 Å². The normalized spacial score (nSPS) is 42.9. The molecule has 0 heterocycles. The maximum absolute atomic E-state index is 6.04. The summed E-state index contributed by atoms with van der Waals surface area (Å²) in [6.07, 6.45) is 6.47. The molecule has 1 unspecified atom stereocenters. The lowest BCUT2D eigenvalue weighted by atomic mass is 9.94. The van der Waals surface area contributed by atoms with Crippen molar-refractivity contribution in [3.8, 4) is 0 Å². The minimum atomic E-state index is 0.144. The fourth-order valence-corrected chi connectivity index (χ4v) is 1.70. The summed E-state index contributed by atoms with van der Waals surface area (Å²) in [5, 5.41) is 0. The molecule has 10 heavy (non-hydrogen) atoms. The first-order chi connectivity index (χ1) is 4.60. The first-order valence-corrected chi connectivity index (χ1v) is 4.39. The van der Waals surface area contributed by atoms with Crippen LogP contribution in [0, 0.1) is 5.92 Å². The molecule has 1 nitrogen and oxygen atoms in total. The molecule has 1 saturated carbocycles. The summed E-state index contributed by atoms with van der Waals surface area (Å²) in [4.78, 5) is 0. The smallest absolute Gasteiger partial charge is 0.0126 e. The van der Waals surface area contributed by atoms with Crippen LogP contribution in [0.15, 0.2) is 0 Å². The van der Waals surface area contributed by atoms with E-state index in [-0.39, 0.29) is 5.54 Å². The third-order valence-corrected chi connectivity index (χ3v) is 2.65. The van der Waals surface area contributed by atoms with Crippen LogP contribution in [0.3, 0.4) is 0 Å². The van der Waals surface area contributed by atoms with Crippen molar-refractivity contribution in [2.45, 2.75) is 51.5 Å². The zero-order valence-corrected chi connectivity index (χ0v) is 7.19. The van der Waals surface area contributed by atoms with Gasteiger partial charge in [-0.2, -0.15) is 0 Å². The Labute approximate surface area is 64.0 Å². The first kappa shape index (κ1) is 8.06. The number of hydrogen-bond acceptors (Lipinski definition) is 1. The Morgan fingerprint density at radius 1 is 1.30 bits per heavy atom. The molecule has 0 spiro atoms. The van der Waals surface area contributed by atoms with Crippen LogP contribution in [0.5, 0.6) is 0 Å². The molecule has 0 amide bonds. The van der Waals surface area contributed by atoms with E-state index in [2.05, 4.69) is 13.8 Å². The predicted molar refractivity (Wildman–Crippen MR) is 44.8 cm³/mol. The summed E-state index contributed by atoms with van der Waals surface area (Å²) in [6, 6.07) is 0. The third kappa shape index (κ3) is 2.30. The summed E-state index contributed by atoms with van der Waals surface area (Å²) in [7, 11) is 0. The molecule has 2 atom stereocenters. The van der Waals surface area contributed by atoms with E-state index >= 15 is 0 Å². The summed E-state index contributed by atoms with van der Waals surface area (Å²) >= 11 is 0. The zero-order chi connectivity index (χ0) is 7.61. The molecule has 0 aromatic heterocycles. The monoisotopic (exact) mass is 141 g/mol. The molecule has 0 bridgehead atoms. The van der Waals surface area contributed by atoms with Crippen LogP contribution >= 0.6 is 0 Å². The van der Waals surface area contributed by atoms with Crippen LogP contribution in [0.1, 0.15) is 46.0 Å². The Hall–Kier alpha value is -0.0400. The van der Waals surface area contributed by atoms with Gasteiger partial charge < -0.3 is 5.73 Å². The second kappa shape index (κ2) is 2.91. The van der Waals surface area contributed by atoms with E-state index in [1.165, 1.54) is 32.1 Å². The lowest BCUT2D eigenvalue weighted by Crippen LogP contribution is -2.34. The van der Waals surface area contributed by atoms with Gasteiger partial charge in [-0.15, -0.1) is 0 Å². The fourth-order valence-electron chi connectivity index (χ4n) is 1.70. The molecular weight excluding hydrogens is 122 g/mol. The number of hydrogen-bond donors (Lipinski definition) is 1. The fraction of sp³-hybridized carbons (Fsp3) is 1.00. The van der Waals surface area contributed by atoms with Gasteiger partial charge in [0, 0.05) is 5.54 Å². The molecule has 2 N–H and O–H groups in total. The molecule has 0 aromatic carbocycles. The van der Waals surface area contributed by atoms with E-state index in [9.17, 15) is 0 Å². The Morgan fingerprint density at radius 3 is 2.70 bits per heavy atom. The van der Waals surface area contributed by atoms with E-state index in [1.807, 2.05) is 0 Å². The summed E-state index contributed by atoms with van der Waals surface area (Å²) < 4.78 is 0. The van der Waals surface area contributed by atoms with Crippen molar-refractivity contribution in [3.63, 3.8) is 0 Å². The van der Waals surface area contributed by atoms with Crippen molar-refractivity contribution < 1.29 is 0 Å². The maximum Gasteiger partial charge on any atom is 0.0126 e. The summed E-state index contributed by atoms with van der Waals surface area (Å²) in [6.45, 7) is 4.52. The van der Waals surface area contributed by atoms with Gasteiger partial charge in [-0.1, -0.05) is 19.8 Å². The minimum absolute atomic E-state index is 0.144. The van der Waals surface area contributed by atoms with Gasteiger partial charge in [-0.25, -0.2) is 0 Å². The third-order valence-electron chi connectivity index (χ3n) is 2.65. The molecule has 1 aliphatic rings. The van der Waals surface area contributed by atoms with Gasteiger partial charge >= 0.3 is 0 Å². The highest BCUT2D eigenvalue weighted by Gasteiger charge is 2.22. The van der Waals surface area contributed by atoms with Crippen LogP contribution < -0.4 is 5.73 Å². The largest absolute Gasteiger partial charge is 0.325 e. The molecule has 0 saturated heterocycles. The van der Waals surface area contributed by atoms with Crippen LogP contribution in [-0.4, -0.2) is 5.54 Å². The molecule has 0 aromatic rings. The highest BCUT2D eigenvalue weighted by Crippen LogP contribution is 2.27. The van der Waals surface area contributed by atoms with Crippen molar-refractivity contribution >= 4 is 0 Å². The Bertz CT molecular complexity index is 107. The van der Waals surface area contributed by atoms with E-state index in [0.29, 0.717) is 0 Å². The molecule has 1 fully saturated rings. The van der Waals surface area contributed by atoms with E-state index in [4.69, 9.17) is 5.73 Å². The number of nitrogens with two attached hydrogens (primary N) is 1. The Balaban J connectivity index is 2.41. The first-order valence-electron chi connectivity index (χ1n) is 4.39. The molecule has 1 aliphatic carbocycles. The van der Waals surface area contributed by atoms with E-state index < -0.39 is 0 Å². The quantitative estimate of drug-likeness (QED) is 0.515. The Kier molecular flexibility index (Phi) is 2.35. The molecule has 0 aliphatic heterocycles. The van der Waals surface area contributed by atoms with Gasteiger partial charge in [0.25, 0.3) is 0 Å². The van der Waals surface area contributed by atoms with Gasteiger partial charge in [0.1, 0.15) is 0 Å². The SMILES string of the molecule is CC1CCC[C@@](C)(N)CC1. The van der Waals surface area contributed by atoms with Crippen LogP contribution in [0.2, 0.25) is 0 Å².